The molecule has 1 aliphatic rings. The molecule has 0 aromatic heterocycles. The number of Topliss-reactive ketones (excluding diaryl/α,β-unsaturated/α-hetero) is 1. The third kappa shape index (κ3) is 3.79. The highest BCUT2D eigenvalue weighted by Crippen LogP contribution is 2.33. The summed E-state index contributed by atoms with van der Waals surface area (Å²) in [5.74, 6) is 0.685. The van der Waals surface area contributed by atoms with Gasteiger partial charge in [-0.2, -0.15) is 0 Å². The second kappa shape index (κ2) is 6.51. The highest BCUT2D eigenvalue weighted by Gasteiger charge is 2.28. The topological polar surface area (TPSA) is 17.1 Å². The third-order valence-electron chi connectivity index (χ3n) is 4.04. The fourth-order valence-electron chi connectivity index (χ4n) is 3.03. The molecule has 0 amide bonds. The minimum absolute atomic E-state index is 0.0181. The van der Waals surface area contributed by atoms with Crippen LogP contribution in [0.1, 0.15) is 44.6 Å². The van der Waals surface area contributed by atoms with Gasteiger partial charge in [0.05, 0.1) is 0 Å². The number of halogens is 2. The van der Waals surface area contributed by atoms with E-state index in [0.717, 1.165) is 24.8 Å². The largest absolute Gasteiger partial charge is 0.299 e. The summed E-state index contributed by atoms with van der Waals surface area (Å²) in [4.78, 5) is 12.0. The van der Waals surface area contributed by atoms with Crippen LogP contribution in [0.2, 0.25) is 5.02 Å². The lowest BCUT2D eigenvalue weighted by Gasteiger charge is -2.28. The summed E-state index contributed by atoms with van der Waals surface area (Å²) in [7, 11) is 0. The van der Waals surface area contributed by atoms with E-state index in [4.69, 9.17) is 11.6 Å². The first-order valence-corrected chi connectivity index (χ1v) is 7.44. The van der Waals surface area contributed by atoms with E-state index in [0.29, 0.717) is 29.6 Å². The Morgan fingerprint density at radius 2 is 2.21 bits per heavy atom. The molecular formula is C16H20ClFO. The van der Waals surface area contributed by atoms with Gasteiger partial charge in [0.15, 0.2) is 0 Å². The normalized spacial score (nSPS) is 23.6. The van der Waals surface area contributed by atoms with Gasteiger partial charge in [-0.25, -0.2) is 4.39 Å². The van der Waals surface area contributed by atoms with Crippen molar-refractivity contribution >= 4 is 17.4 Å². The number of hydrogen-bond donors (Lipinski definition) is 0. The van der Waals surface area contributed by atoms with Gasteiger partial charge < -0.3 is 0 Å². The Labute approximate surface area is 119 Å². The van der Waals surface area contributed by atoms with Crippen LogP contribution >= 0.6 is 11.6 Å². The molecule has 3 heteroatoms. The molecule has 1 aromatic rings. The van der Waals surface area contributed by atoms with Crippen LogP contribution in [0, 0.1) is 17.7 Å². The molecule has 0 spiro atoms. The molecule has 0 N–H and O–H groups in total. The lowest BCUT2D eigenvalue weighted by molar-refractivity contribution is -0.125. The van der Waals surface area contributed by atoms with Crippen LogP contribution < -0.4 is 0 Å². The van der Waals surface area contributed by atoms with Crippen LogP contribution in [0.25, 0.3) is 0 Å². The Bertz CT molecular complexity index is 458. The van der Waals surface area contributed by atoms with E-state index in [1.807, 2.05) is 0 Å². The smallest absolute Gasteiger partial charge is 0.136 e. The molecule has 1 nitrogen and oxygen atoms in total. The zero-order chi connectivity index (χ0) is 13.8. The molecule has 0 aliphatic heterocycles. The molecule has 1 aliphatic carbocycles. The van der Waals surface area contributed by atoms with Crippen LogP contribution in [0.5, 0.6) is 0 Å². The second-order valence-corrected chi connectivity index (χ2v) is 5.94. The van der Waals surface area contributed by atoms with Gasteiger partial charge in [0, 0.05) is 17.4 Å². The van der Waals surface area contributed by atoms with Crippen LogP contribution in [-0.4, -0.2) is 5.78 Å². The molecule has 0 bridgehead atoms. The van der Waals surface area contributed by atoms with E-state index in [2.05, 4.69) is 6.92 Å². The van der Waals surface area contributed by atoms with Crippen molar-refractivity contribution in [1.82, 2.24) is 0 Å². The summed E-state index contributed by atoms with van der Waals surface area (Å²) in [5, 5.41) is 0.562. The monoisotopic (exact) mass is 282 g/mol. The molecule has 1 saturated carbocycles. The van der Waals surface area contributed by atoms with Gasteiger partial charge in [-0.1, -0.05) is 31.4 Å². The average molecular weight is 283 g/mol. The summed E-state index contributed by atoms with van der Waals surface area (Å²) in [6, 6.07) is 4.39. The van der Waals surface area contributed by atoms with E-state index >= 15 is 0 Å². The molecule has 2 rings (SSSR count). The molecular weight excluding hydrogens is 263 g/mol. The van der Waals surface area contributed by atoms with Gasteiger partial charge in [0.2, 0.25) is 0 Å². The molecule has 2 atom stereocenters. The number of rotatable bonds is 4. The summed E-state index contributed by atoms with van der Waals surface area (Å²) in [5.41, 5.74) is 0.761. The van der Waals surface area contributed by atoms with Crippen molar-refractivity contribution in [2.75, 3.05) is 0 Å². The molecule has 1 fully saturated rings. The Morgan fingerprint density at radius 3 is 2.95 bits per heavy atom. The Morgan fingerprint density at radius 1 is 1.42 bits per heavy atom. The number of benzene rings is 1. The lowest BCUT2D eigenvalue weighted by Crippen LogP contribution is -2.26. The predicted molar refractivity (Wildman–Crippen MR) is 75.9 cm³/mol. The third-order valence-corrected chi connectivity index (χ3v) is 4.41. The maximum atomic E-state index is 13.3. The fraction of sp³-hybridized carbons (Fsp3) is 0.562. The summed E-state index contributed by atoms with van der Waals surface area (Å²) >= 11 is 6.08. The lowest BCUT2D eigenvalue weighted by atomic mass is 9.76. The van der Waals surface area contributed by atoms with Crippen molar-refractivity contribution < 1.29 is 9.18 Å². The van der Waals surface area contributed by atoms with Crippen molar-refractivity contribution in [3.63, 3.8) is 0 Å². The standard InChI is InChI=1S/C16H20ClFO/c1-2-3-11-4-7-16(19)13(8-11)9-12-10-14(18)5-6-15(12)17/h5-6,10-11,13H,2-4,7-9H2,1H3. The van der Waals surface area contributed by atoms with E-state index < -0.39 is 0 Å². The Hall–Kier alpha value is -0.890. The van der Waals surface area contributed by atoms with Gasteiger partial charge >= 0.3 is 0 Å². The molecule has 1 aromatic carbocycles. The van der Waals surface area contributed by atoms with Crippen molar-refractivity contribution in [2.45, 2.75) is 45.4 Å². The van der Waals surface area contributed by atoms with Crippen LogP contribution in [0.15, 0.2) is 18.2 Å². The quantitative estimate of drug-likeness (QED) is 0.775. The fourth-order valence-corrected chi connectivity index (χ4v) is 3.23. The molecule has 0 radical (unpaired) electrons. The molecule has 19 heavy (non-hydrogen) atoms. The van der Waals surface area contributed by atoms with Gasteiger partial charge in [0.25, 0.3) is 0 Å². The zero-order valence-corrected chi connectivity index (χ0v) is 12.0. The molecule has 0 saturated heterocycles. The van der Waals surface area contributed by atoms with Crippen molar-refractivity contribution in [3.8, 4) is 0 Å². The van der Waals surface area contributed by atoms with E-state index in [1.54, 1.807) is 6.07 Å². The molecule has 2 unspecified atom stereocenters. The van der Waals surface area contributed by atoms with E-state index in [-0.39, 0.29) is 11.7 Å². The van der Waals surface area contributed by atoms with Gasteiger partial charge in [-0.05, 0) is 48.9 Å². The number of carbonyl (C=O) groups excluding carboxylic acids is 1. The number of hydrogen-bond acceptors (Lipinski definition) is 1. The Kier molecular flexibility index (Phi) is 4.98. The maximum absolute atomic E-state index is 13.3. The average Bonchev–Trinajstić information content (AvgIpc) is 2.38. The van der Waals surface area contributed by atoms with Gasteiger partial charge in [-0.3, -0.25) is 4.79 Å². The minimum Gasteiger partial charge on any atom is -0.299 e. The van der Waals surface area contributed by atoms with Crippen molar-refractivity contribution in [3.05, 3.63) is 34.6 Å². The predicted octanol–water partition coefficient (Wildman–Crippen LogP) is 4.81. The summed E-state index contributed by atoms with van der Waals surface area (Å²) in [6.07, 6.45) is 5.53. The van der Waals surface area contributed by atoms with Gasteiger partial charge in [-0.15, -0.1) is 0 Å². The second-order valence-electron chi connectivity index (χ2n) is 5.53. The van der Waals surface area contributed by atoms with E-state index in [1.165, 1.54) is 18.6 Å². The molecule has 104 valence electrons. The van der Waals surface area contributed by atoms with Crippen LogP contribution in [0.3, 0.4) is 0 Å². The first-order chi connectivity index (χ1) is 9.10. The van der Waals surface area contributed by atoms with Gasteiger partial charge in [0.1, 0.15) is 11.6 Å². The Balaban J connectivity index is 2.07. The maximum Gasteiger partial charge on any atom is 0.136 e. The van der Waals surface area contributed by atoms with E-state index in [9.17, 15) is 9.18 Å². The minimum atomic E-state index is -0.284. The number of carbonyl (C=O) groups is 1. The molecule has 0 heterocycles. The number of ketones is 1. The highest BCUT2D eigenvalue weighted by molar-refractivity contribution is 6.31. The first kappa shape index (κ1) is 14.5. The summed E-state index contributed by atoms with van der Waals surface area (Å²) in [6.45, 7) is 2.18. The first-order valence-electron chi connectivity index (χ1n) is 7.06. The summed E-state index contributed by atoms with van der Waals surface area (Å²) < 4.78 is 13.3. The van der Waals surface area contributed by atoms with Crippen LogP contribution in [-0.2, 0) is 11.2 Å². The van der Waals surface area contributed by atoms with Crippen molar-refractivity contribution in [2.24, 2.45) is 11.8 Å². The highest BCUT2D eigenvalue weighted by atomic mass is 35.5. The SMILES string of the molecule is CCCC1CCC(=O)C(Cc2cc(F)ccc2Cl)C1. The van der Waals surface area contributed by atoms with Crippen LogP contribution in [0.4, 0.5) is 4.39 Å². The zero-order valence-electron chi connectivity index (χ0n) is 11.3. The van der Waals surface area contributed by atoms with Crippen molar-refractivity contribution in [1.29, 1.82) is 0 Å².